The van der Waals surface area contributed by atoms with Crippen molar-refractivity contribution >= 4 is 0 Å². The summed E-state index contributed by atoms with van der Waals surface area (Å²) in [4.78, 5) is 0. The van der Waals surface area contributed by atoms with Crippen LogP contribution in [0, 0.1) is 6.54 Å². The average molecular weight is 169 g/mol. The van der Waals surface area contributed by atoms with E-state index in [-0.39, 0.29) is 6.54 Å². The first-order valence-corrected chi connectivity index (χ1v) is 3.11. The zero-order valence-corrected chi connectivity index (χ0v) is 5.61. The van der Waals surface area contributed by atoms with Crippen LogP contribution in [0.1, 0.15) is 0 Å². The molecule has 3 nitrogen and oxygen atoms in total. The summed E-state index contributed by atoms with van der Waals surface area (Å²) in [6, 6.07) is 0. The second kappa shape index (κ2) is 3.38. The number of alkyl halides is 3. The van der Waals surface area contributed by atoms with Crippen molar-refractivity contribution in [3.8, 4) is 0 Å². The zero-order chi connectivity index (χ0) is 8.32. The van der Waals surface area contributed by atoms with E-state index in [1.807, 2.05) is 0 Å². The van der Waals surface area contributed by atoms with Gasteiger partial charge in [-0.2, -0.15) is 0 Å². The Labute approximate surface area is 61.9 Å². The molecule has 1 heterocycles. The molecular formula is C5H8F3N2O. The lowest BCUT2D eigenvalue weighted by molar-refractivity contribution is -0.345. The molecule has 0 aromatic rings. The minimum Gasteiger partial charge on any atom is -0.311 e. The Kier molecular flexibility index (Phi) is 2.69. The normalized spacial score (nSPS) is 27.0. The van der Waals surface area contributed by atoms with Gasteiger partial charge in [0.15, 0.2) is 0 Å². The Morgan fingerprint density at radius 2 is 2.18 bits per heavy atom. The number of ether oxygens (including phenoxy) is 1. The maximum absolute atomic E-state index is 11.5. The summed E-state index contributed by atoms with van der Waals surface area (Å²) >= 11 is 0. The minimum absolute atomic E-state index is 0.163. The smallest absolute Gasteiger partial charge is 0.311 e. The van der Waals surface area contributed by atoms with Crippen molar-refractivity contribution in [2.75, 3.05) is 13.1 Å². The summed E-state index contributed by atoms with van der Waals surface area (Å²) < 4.78 is 38.3. The SMILES string of the molecule is FC(F)(F)OC1CNC[CH]N1. The largest absolute Gasteiger partial charge is 0.524 e. The highest BCUT2D eigenvalue weighted by molar-refractivity contribution is 4.76. The highest BCUT2D eigenvalue weighted by atomic mass is 19.4. The Balaban J connectivity index is 2.24. The molecule has 0 spiro atoms. The molecule has 0 bridgehead atoms. The van der Waals surface area contributed by atoms with Gasteiger partial charge < -0.3 is 5.32 Å². The lowest BCUT2D eigenvalue weighted by atomic mass is 10.4. The molecule has 1 unspecified atom stereocenters. The van der Waals surface area contributed by atoms with E-state index in [1.54, 1.807) is 0 Å². The van der Waals surface area contributed by atoms with Gasteiger partial charge in [-0.15, -0.1) is 13.2 Å². The highest BCUT2D eigenvalue weighted by Crippen LogP contribution is 2.18. The first kappa shape index (κ1) is 8.76. The monoisotopic (exact) mass is 169 g/mol. The van der Waals surface area contributed by atoms with Gasteiger partial charge >= 0.3 is 6.36 Å². The summed E-state index contributed by atoms with van der Waals surface area (Å²) in [6.45, 7) is 2.20. The maximum atomic E-state index is 11.5. The topological polar surface area (TPSA) is 33.3 Å². The van der Waals surface area contributed by atoms with E-state index in [0.717, 1.165) is 0 Å². The second-order valence-corrected chi connectivity index (χ2v) is 2.08. The molecule has 1 atom stereocenters. The Morgan fingerprint density at radius 1 is 1.45 bits per heavy atom. The number of hydrogen-bond acceptors (Lipinski definition) is 3. The van der Waals surface area contributed by atoms with E-state index in [0.29, 0.717) is 6.54 Å². The molecule has 0 saturated carbocycles. The third-order valence-electron chi connectivity index (χ3n) is 1.16. The van der Waals surface area contributed by atoms with E-state index < -0.39 is 12.6 Å². The zero-order valence-electron chi connectivity index (χ0n) is 5.61. The number of rotatable bonds is 1. The van der Waals surface area contributed by atoms with Crippen LogP contribution in [0.25, 0.3) is 0 Å². The standard InChI is InChI=1S/C5H8F3N2O/c6-5(7,8)11-4-3-9-1-2-10-4/h2,4,9-10H,1,3H2. The molecule has 2 N–H and O–H groups in total. The summed E-state index contributed by atoms with van der Waals surface area (Å²) in [6.07, 6.45) is -5.56. The molecule has 1 aliphatic heterocycles. The van der Waals surface area contributed by atoms with Crippen LogP contribution in [0.3, 0.4) is 0 Å². The van der Waals surface area contributed by atoms with Gasteiger partial charge in [-0.3, -0.25) is 10.1 Å². The van der Waals surface area contributed by atoms with Crippen LogP contribution in [0.4, 0.5) is 13.2 Å². The van der Waals surface area contributed by atoms with Crippen molar-refractivity contribution in [2.24, 2.45) is 0 Å². The quantitative estimate of drug-likeness (QED) is 0.588. The average Bonchev–Trinajstić information content (AvgIpc) is 1.85. The minimum atomic E-state index is -4.56. The van der Waals surface area contributed by atoms with Crippen molar-refractivity contribution in [2.45, 2.75) is 12.6 Å². The van der Waals surface area contributed by atoms with Crippen LogP contribution in [-0.4, -0.2) is 25.7 Å². The van der Waals surface area contributed by atoms with Gasteiger partial charge in [0.05, 0.1) is 0 Å². The van der Waals surface area contributed by atoms with Gasteiger partial charge in [0, 0.05) is 19.6 Å². The molecule has 0 amide bonds. The first-order valence-electron chi connectivity index (χ1n) is 3.11. The van der Waals surface area contributed by atoms with Gasteiger partial charge in [0.25, 0.3) is 0 Å². The molecule has 1 rings (SSSR count). The lowest BCUT2D eigenvalue weighted by Gasteiger charge is -2.24. The summed E-state index contributed by atoms with van der Waals surface area (Å²) in [5.41, 5.74) is 0. The van der Waals surface area contributed by atoms with Gasteiger partial charge in [-0.05, 0) is 0 Å². The van der Waals surface area contributed by atoms with Crippen molar-refractivity contribution in [1.29, 1.82) is 0 Å². The third-order valence-corrected chi connectivity index (χ3v) is 1.16. The van der Waals surface area contributed by atoms with Crippen LogP contribution in [0.15, 0.2) is 0 Å². The van der Waals surface area contributed by atoms with Crippen LogP contribution in [0.2, 0.25) is 0 Å². The number of halogens is 3. The van der Waals surface area contributed by atoms with Crippen LogP contribution >= 0.6 is 0 Å². The van der Waals surface area contributed by atoms with Gasteiger partial charge in [-0.1, -0.05) is 0 Å². The second-order valence-electron chi connectivity index (χ2n) is 2.08. The molecule has 0 aliphatic carbocycles. The molecule has 1 aliphatic rings. The number of nitrogens with one attached hydrogen (secondary N) is 2. The first-order chi connectivity index (χ1) is 5.08. The maximum Gasteiger partial charge on any atom is 0.524 e. The van der Waals surface area contributed by atoms with Gasteiger partial charge in [-0.25, -0.2) is 0 Å². The lowest BCUT2D eigenvalue weighted by Crippen LogP contribution is -2.48. The molecule has 1 radical (unpaired) electrons. The molecule has 65 valence electrons. The van der Waals surface area contributed by atoms with Crippen LogP contribution in [0.5, 0.6) is 0 Å². The molecule has 11 heavy (non-hydrogen) atoms. The fourth-order valence-electron chi connectivity index (χ4n) is 0.773. The predicted molar refractivity (Wildman–Crippen MR) is 31.2 cm³/mol. The Bertz CT molecular complexity index is 121. The summed E-state index contributed by atoms with van der Waals surface area (Å²) in [7, 11) is 0. The molecule has 0 aromatic carbocycles. The van der Waals surface area contributed by atoms with Gasteiger partial charge in [0.1, 0.15) is 6.23 Å². The molecule has 1 saturated heterocycles. The molecule has 0 aromatic heterocycles. The fraction of sp³-hybridized carbons (Fsp3) is 0.800. The van der Waals surface area contributed by atoms with Crippen LogP contribution < -0.4 is 10.6 Å². The summed E-state index contributed by atoms with van der Waals surface area (Å²) in [5, 5.41) is 5.16. The number of piperazine rings is 1. The Hall–Kier alpha value is -0.330. The van der Waals surface area contributed by atoms with E-state index in [4.69, 9.17) is 0 Å². The van der Waals surface area contributed by atoms with E-state index in [2.05, 4.69) is 15.4 Å². The number of hydrogen-bond donors (Lipinski definition) is 2. The van der Waals surface area contributed by atoms with E-state index in [9.17, 15) is 13.2 Å². The van der Waals surface area contributed by atoms with Gasteiger partial charge in [0.2, 0.25) is 0 Å². The van der Waals surface area contributed by atoms with Crippen molar-refractivity contribution < 1.29 is 17.9 Å². The highest BCUT2D eigenvalue weighted by Gasteiger charge is 2.33. The molecule has 6 heteroatoms. The van der Waals surface area contributed by atoms with Crippen LogP contribution in [-0.2, 0) is 4.74 Å². The van der Waals surface area contributed by atoms with Crippen molar-refractivity contribution in [3.05, 3.63) is 6.54 Å². The fourth-order valence-corrected chi connectivity index (χ4v) is 0.773. The predicted octanol–water partition coefficient (Wildman–Crippen LogP) is 0.203. The Morgan fingerprint density at radius 3 is 2.64 bits per heavy atom. The third kappa shape index (κ3) is 3.54. The van der Waals surface area contributed by atoms with Crippen molar-refractivity contribution in [3.63, 3.8) is 0 Å². The summed E-state index contributed by atoms with van der Waals surface area (Å²) in [5.74, 6) is 0. The van der Waals surface area contributed by atoms with E-state index in [1.165, 1.54) is 6.54 Å². The molecule has 1 fully saturated rings. The van der Waals surface area contributed by atoms with Crippen molar-refractivity contribution in [1.82, 2.24) is 10.6 Å². The van der Waals surface area contributed by atoms with E-state index >= 15 is 0 Å². The molecular weight excluding hydrogens is 161 g/mol.